The monoisotopic (exact) mass is 310 g/mol. The summed E-state index contributed by atoms with van der Waals surface area (Å²) in [6.45, 7) is 11.8. The Balaban J connectivity index is 4.61. The van der Waals surface area contributed by atoms with Gasteiger partial charge in [-0.05, 0) is 18.4 Å². The molecule has 0 aromatic carbocycles. The van der Waals surface area contributed by atoms with Crippen LogP contribution in [-0.4, -0.2) is 8.07 Å². The van der Waals surface area contributed by atoms with Gasteiger partial charge in [0.1, 0.15) is 0 Å². The van der Waals surface area contributed by atoms with Gasteiger partial charge in [0.2, 0.25) is 0 Å². The Morgan fingerprint density at radius 3 is 1.62 bits per heavy atom. The molecular formula is C20H42Si. The Morgan fingerprint density at radius 2 is 1.24 bits per heavy atom. The number of unbranched alkanes of at least 4 members (excludes halogenated alkanes) is 3. The molecule has 1 unspecified atom stereocenters. The van der Waals surface area contributed by atoms with Crippen LogP contribution in [0.15, 0.2) is 12.2 Å². The Hall–Kier alpha value is -0.0431. The summed E-state index contributed by atoms with van der Waals surface area (Å²) in [7, 11) is -1.03. The number of rotatable bonds is 14. The summed E-state index contributed by atoms with van der Waals surface area (Å²) in [6, 6.07) is 6.20. The lowest BCUT2D eigenvalue weighted by molar-refractivity contribution is 0.571. The third kappa shape index (κ3) is 10.3. The first kappa shape index (κ1) is 21.0. The van der Waals surface area contributed by atoms with Gasteiger partial charge < -0.3 is 0 Å². The van der Waals surface area contributed by atoms with Crippen LogP contribution in [0.5, 0.6) is 0 Å². The van der Waals surface area contributed by atoms with E-state index in [4.69, 9.17) is 0 Å². The SMILES string of the molecule is CCCC[Si](C/C=C/CC(C)CC)(CCCC)CCCC. The summed E-state index contributed by atoms with van der Waals surface area (Å²) in [4.78, 5) is 0. The Bertz CT molecular complexity index is 222. The van der Waals surface area contributed by atoms with Gasteiger partial charge in [-0.2, -0.15) is 0 Å². The van der Waals surface area contributed by atoms with E-state index in [0.717, 1.165) is 5.92 Å². The maximum absolute atomic E-state index is 2.58. The molecule has 1 atom stereocenters. The molecule has 0 aromatic rings. The molecule has 0 saturated carbocycles. The zero-order chi connectivity index (χ0) is 16.0. The third-order valence-corrected chi connectivity index (χ3v) is 10.5. The highest BCUT2D eigenvalue weighted by Gasteiger charge is 2.29. The summed E-state index contributed by atoms with van der Waals surface area (Å²) in [6.07, 6.45) is 16.2. The fourth-order valence-electron chi connectivity index (χ4n) is 3.17. The Kier molecular flexibility index (Phi) is 13.6. The van der Waals surface area contributed by atoms with Crippen LogP contribution in [0.25, 0.3) is 0 Å². The van der Waals surface area contributed by atoms with E-state index in [-0.39, 0.29) is 0 Å². The topological polar surface area (TPSA) is 0 Å². The molecule has 21 heavy (non-hydrogen) atoms. The van der Waals surface area contributed by atoms with E-state index in [2.05, 4.69) is 46.8 Å². The maximum atomic E-state index is 2.58. The van der Waals surface area contributed by atoms with Gasteiger partial charge in [-0.1, -0.05) is 110 Å². The zero-order valence-electron chi connectivity index (χ0n) is 15.7. The highest BCUT2D eigenvalue weighted by molar-refractivity contribution is 6.80. The molecule has 126 valence electrons. The van der Waals surface area contributed by atoms with E-state index in [1.54, 1.807) is 18.1 Å². The highest BCUT2D eigenvalue weighted by Crippen LogP contribution is 2.32. The van der Waals surface area contributed by atoms with Crippen LogP contribution in [0, 0.1) is 5.92 Å². The summed E-state index contributed by atoms with van der Waals surface area (Å²) in [5, 5.41) is 0. The van der Waals surface area contributed by atoms with Crippen molar-refractivity contribution in [1.82, 2.24) is 0 Å². The summed E-state index contributed by atoms with van der Waals surface area (Å²) in [5.41, 5.74) is 0. The fourth-order valence-corrected chi connectivity index (χ4v) is 8.50. The number of hydrogen-bond acceptors (Lipinski definition) is 0. The lowest BCUT2D eigenvalue weighted by Gasteiger charge is -2.31. The van der Waals surface area contributed by atoms with Gasteiger partial charge in [0.15, 0.2) is 0 Å². The van der Waals surface area contributed by atoms with E-state index in [1.165, 1.54) is 57.4 Å². The van der Waals surface area contributed by atoms with E-state index >= 15 is 0 Å². The van der Waals surface area contributed by atoms with Gasteiger partial charge in [-0.3, -0.25) is 0 Å². The molecule has 0 bridgehead atoms. The molecule has 0 rings (SSSR count). The van der Waals surface area contributed by atoms with Crippen molar-refractivity contribution in [3.8, 4) is 0 Å². The molecule has 0 aromatic heterocycles. The van der Waals surface area contributed by atoms with E-state index in [1.807, 2.05) is 0 Å². The molecular weight excluding hydrogens is 268 g/mol. The molecule has 0 saturated heterocycles. The van der Waals surface area contributed by atoms with Gasteiger partial charge in [0.05, 0.1) is 8.07 Å². The Labute approximate surface area is 136 Å². The van der Waals surface area contributed by atoms with E-state index < -0.39 is 8.07 Å². The molecule has 0 spiro atoms. The van der Waals surface area contributed by atoms with Crippen molar-refractivity contribution in [3.05, 3.63) is 12.2 Å². The molecule has 0 N–H and O–H groups in total. The van der Waals surface area contributed by atoms with Crippen LogP contribution in [0.3, 0.4) is 0 Å². The lowest BCUT2D eigenvalue weighted by atomic mass is 10.1. The van der Waals surface area contributed by atoms with Crippen LogP contribution in [0.4, 0.5) is 0 Å². The summed E-state index contributed by atoms with van der Waals surface area (Å²) < 4.78 is 0. The third-order valence-electron chi connectivity index (χ3n) is 5.13. The molecule has 0 aliphatic rings. The predicted molar refractivity (Wildman–Crippen MR) is 103 cm³/mol. The van der Waals surface area contributed by atoms with E-state index in [0.29, 0.717) is 0 Å². The lowest BCUT2D eigenvalue weighted by Crippen LogP contribution is -2.33. The molecule has 0 aliphatic heterocycles. The van der Waals surface area contributed by atoms with Crippen LogP contribution in [0.2, 0.25) is 24.2 Å². The minimum atomic E-state index is -1.03. The van der Waals surface area contributed by atoms with Gasteiger partial charge in [-0.15, -0.1) is 0 Å². The van der Waals surface area contributed by atoms with Crippen molar-refractivity contribution in [1.29, 1.82) is 0 Å². The quantitative estimate of drug-likeness (QED) is 0.226. The first-order valence-electron chi connectivity index (χ1n) is 9.79. The average molecular weight is 311 g/mol. The van der Waals surface area contributed by atoms with Crippen molar-refractivity contribution in [2.45, 2.75) is 110 Å². The van der Waals surface area contributed by atoms with Crippen LogP contribution in [0.1, 0.15) is 86.0 Å². The zero-order valence-corrected chi connectivity index (χ0v) is 16.7. The Morgan fingerprint density at radius 1 is 0.762 bits per heavy atom. The first-order chi connectivity index (χ1) is 10.1. The van der Waals surface area contributed by atoms with Crippen molar-refractivity contribution in [2.75, 3.05) is 0 Å². The van der Waals surface area contributed by atoms with Gasteiger partial charge in [-0.25, -0.2) is 0 Å². The second kappa shape index (κ2) is 13.6. The van der Waals surface area contributed by atoms with Crippen molar-refractivity contribution in [3.63, 3.8) is 0 Å². The fraction of sp³-hybridized carbons (Fsp3) is 0.900. The van der Waals surface area contributed by atoms with Crippen LogP contribution < -0.4 is 0 Å². The molecule has 0 heterocycles. The van der Waals surface area contributed by atoms with Gasteiger partial charge >= 0.3 is 0 Å². The van der Waals surface area contributed by atoms with Crippen LogP contribution in [-0.2, 0) is 0 Å². The average Bonchev–Trinajstić information content (AvgIpc) is 2.52. The van der Waals surface area contributed by atoms with Gasteiger partial charge in [0.25, 0.3) is 0 Å². The summed E-state index contributed by atoms with van der Waals surface area (Å²) >= 11 is 0. The van der Waals surface area contributed by atoms with Gasteiger partial charge in [0, 0.05) is 0 Å². The number of hydrogen-bond donors (Lipinski definition) is 0. The summed E-state index contributed by atoms with van der Waals surface area (Å²) in [5.74, 6) is 0.860. The van der Waals surface area contributed by atoms with Crippen molar-refractivity contribution >= 4 is 8.07 Å². The first-order valence-corrected chi connectivity index (χ1v) is 12.6. The minimum Gasteiger partial charge on any atom is -0.0912 e. The largest absolute Gasteiger partial charge is 0.0912 e. The second-order valence-corrected chi connectivity index (χ2v) is 12.1. The predicted octanol–water partition coefficient (Wildman–Crippen LogP) is 7.83. The van der Waals surface area contributed by atoms with Crippen molar-refractivity contribution < 1.29 is 0 Å². The molecule has 0 nitrogen and oxygen atoms in total. The smallest absolute Gasteiger partial charge is 0.0573 e. The molecule has 0 fully saturated rings. The minimum absolute atomic E-state index is 0.860. The molecule has 0 aliphatic carbocycles. The van der Waals surface area contributed by atoms with Crippen LogP contribution >= 0.6 is 0 Å². The maximum Gasteiger partial charge on any atom is 0.0573 e. The highest BCUT2D eigenvalue weighted by atomic mass is 28.3. The van der Waals surface area contributed by atoms with Crippen molar-refractivity contribution in [2.24, 2.45) is 5.92 Å². The van der Waals surface area contributed by atoms with E-state index in [9.17, 15) is 0 Å². The molecule has 0 radical (unpaired) electrons. The second-order valence-electron chi connectivity index (χ2n) is 7.24. The molecule has 1 heteroatoms. The molecule has 0 amide bonds. The standard InChI is InChI=1S/C20H42Si/c1-6-10-16-21(17-11-7-2,18-12-8-3)19-14-13-15-20(5)9-4/h13-14,20H,6-12,15-19H2,1-5H3/b14-13+. The number of allylic oxidation sites excluding steroid dienone is 2. The normalized spacial score (nSPS) is 14.0.